The average molecular weight is 155 g/mol. The van der Waals surface area contributed by atoms with Crippen LogP contribution in [0.5, 0.6) is 0 Å². The summed E-state index contributed by atoms with van der Waals surface area (Å²) in [4.78, 5) is 21.9. The SMILES string of the molecule is CC(C)(C)[C@@H]1NC(=O)CC1=O. The largest absolute Gasteiger partial charge is 0.345 e. The maximum atomic E-state index is 11.1. The second-order valence-electron chi connectivity index (χ2n) is 4.01. The van der Waals surface area contributed by atoms with E-state index >= 15 is 0 Å². The number of Topliss-reactive ketones (excluding diaryl/α,β-unsaturated/α-hetero) is 1. The molecule has 1 N–H and O–H groups in total. The molecule has 11 heavy (non-hydrogen) atoms. The zero-order valence-corrected chi connectivity index (χ0v) is 7.10. The molecule has 1 rings (SSSR count). The minimum absolute atomic E-state index is 0.0162. The third-order valence-electron chi connectivity index (χ3n) is 1.83. The molecule has 62 valence electrons. The molecule has 0 aliphatic carbocycles. The van der Waals surface area contributed by atoms with Gasteiger partial charge in [0.1, 0.15) is 0 Å². The number of carbonyl (C=O) groups excluding carboxylic acids is 2. The number of hydrogen-bond acceptors (Lipinski definition) is 2. The quantitative estimate of drug-likeness (QED) is 0.517. The molecule has 0 aromatic carbocycles. The second-order valence-corrected chi connectivity index (χ2v) is 4.01. The van der Waals surface area contributed by atoms with Crippen molar-refractivity contribution in [1.29, 1.82) is 0 Å². The van der Waals surface area contributed by atoms with E-state index in [0.29, 0.717) is 0 Å². The van der Waals surface area contributed by atoms with E-state index in [2.05, 4.69) is 5.32 Å². The first-order chi connectivity index (χ1) is 4.91. The van der Waals surface area contributed by atoms with Crippen LogP contribution in [-0.2, 0) is 9.59 Å². The van der Waals surface area contributed by atoms with Crippen LogP contribution < -0.4 is 5.32 Å². The highest BCUT2D eigenvalue weighted by Crippen LogP contribution is 2.23. The van der Waals surface area contributed by atoms with Gasteiger partial charge in [-0.2, -0.15) is 0 Å². The highest BCUT2D eigenvalue weighted by atomic mass is 16.2. The zero-order valence-electron chi connectivity index (χ0n) is 7.10. The van der Waals surface area contributed by atoms with Crippen LogP contribution in [0.25, 0.3) is 0 Å². The lowest BCUT2D eigenvalue weighted by atomic mass is 9.85. The first kappa shape index (κ1) is 8.24. The van der Waals surface area contributed by atoms with Crippen molar-refractivity contribution >= 4 is 11.7 Å². The van der Waals surface area contributed by atoms with Gasteiger partial charge in [-0.1, -0.05) is 20.8 Å². The Morgan fingerprint density at radius 3 is 2.09 bits per heavy atom. The van der Waals surface area contributed by atoms with Gasteiger partial charge in [0, 0.05) is 0 Å². The molecular formula is C8H13NO2. The predicted octanol–water partition coefficient (Wildman–Crippen LogP) is 0.490. The van der Waals surface area contributed by atoms with Crippen molar-refractivity contribution in [1.82, 2.24) is 5.32 Å². The van der Waals surface area contributed by atoms with Crippen LogP contribution in [0.1, 0.15) is 27.2 Å². The van der Waals surface area contributed by atoms with E-state index in [1.807, 2.05) is 20.8 Å². The third-order valence-corrected chi connectivity index (χ3v) is 1.83. The van der Waals surface area contributed by atoms with Crippen LogP contribution in [0, 0.1) is 5.41 Å². The summed E-state index contributed by atoms with van der Waals surface area (Å²) in [5.41, 5.74) is -0.150. The highest BCUT2D eigenvalue weighted by Gasteiger charge is 2.38. The minimum Gasteiger partial charge on any atom is -0.345 e. The van der Waals surface area contributed by atoms with Gasteiger partial charge in [0.05, 0.1) is 12.5 Å². The standard InChI is InChI=1S/C8H13NO2/c1-8(2,3)7-5(10)4-6(11)9-7/h7H,4H2,1-3H3,(H,9,11)/t7-/m1/s1. The lowest BCUT2D eigenvalue weighted by Gasteiger charge is -2.24. The van der Waals surface area contributed by atoms with Gasteiger partial charge >= 0.3 is 0 Å². The molecule has 0 spiro atoms. The lowest BCUT2D eigenvalue weighted by Crippen LogP contribution is -2.40. The molecule has 1 atom stereocenters. The minimum atomic E-state index is -0.282. The molecule has 0 radical (unpaired) electrons. The van der Waals surface area contributed by atoms with Gasteiger partial charge in [-0.05, 0) is 5.41 Å². The topological polar surface area (TPSA) is 46.2 Å². The summed E-state index contributed by atoms with van der Waals surface area (Å²) < 4.78 is 0. The summed E-state index contributed by atoms with van der Waals surface area (Å²) >= 11 is 0. The molecule has 1 saturated heterocycles. The number of ketones is 1. The van der Waals surface area contributed by atoms with Crippen LogP contribution in [-0.4, -0.2) is 17.7 Å². The van der Waals surface area contributed by atoms with Crippen LogP contribution in [0.2, 0.25) is 0 Å². The van der Waals surface area contributed by atoms with Gasteiger partial charge in [0.15, 0.2) is 5.78 Å². The molecule has 0 saturated carbocycles. The summed E-state index contributed by atoms with van der Waals surface area (Å²) in [7, 11) is 0. The van der Waals surface area contributed by atoms with E-state index in [4.69, 9.17) is 0 Å². The Kier molecular flexibility index (Phi) is 1.74. The van der Waals surface area contributed by atoms with E-state index in [-0.39, 0.29) is 29.6 Å². The van der Waals surface area contributed by atoms with Crippen molar-refractivity contribution in [3.05, 3.63) is 0 Å². The van der Waals surface area contributed by atoms with Gasteiger partial charge in [0.25, 0.3) is 0 Å². The van der Waals surface area contributed by atoms with Crippen molar-refractivity contribution in [3.8, 4) is 0 Å². The number of rotatable bonds is 0. The molecule has 1 heterocycles. The summed E-state index contributed by atoms with van der Waals surface area (Å²) in [6.07, 6.45) is 0.0575. The molecule has 0 bridgehead atoms. The molecule has 3 nitrogen and oxygen atoms in total. The predicted molar refractivity (Wildman–Crippen MR) is 41.0 cm³/mol. The van der Waals surface area contributed by atoms with Gasteiger partial charge in [-0.3, -0.25) is 9.59 Å². The smallest absolute Gasteiger partial charge is 0.228 e. The van der Waals surface area contributed by atoms with Crippen LogP contribution in [0.15, 0.2) is 0 Å². The maximum absolute atomic E-state index is 11.1. The maximum Gasteiger partial charge on any atom is 0.228 e. The van der Waals surface area contributed by atoms with Crippen molar-refractivity contribution in [3.63, 3.8) is 0 Å². The van der Waals surface area contributed by atoms with Gasteiger partial charge in [-0.25, -0.2) is 0 Å². The molecule has 1 aliphatic rings. The van der Waals surface area contributed by atoms with E-state index in [0.717, 1.165) is 0 Å². The summed E-state index contributed by atoms with van der Waals surface area (Å²) in [5, 5.41) is 2.66. The van der Waals surface area contributed by atoms with Crippen LogP contribution in [0.4, 0.5) is 0 Å². The Hall–Kier alpha value is -0.860. The molecule has 0 aromatic heterocycles. The summed E-state index contributed by atoms with van der Waals surface area (Å²) in [6, 6.07) is -0.282. The first-order valence-corrected chi connectivity index (χ1v) is 3.73. The van der Waals surface area contributed by atoms with Crippen LogP contribution in [0.3, 0.4) is 0 Å². The van der Waals surface area contributed by atoms with Crippen molar-refractivity contribution < 1.29 is 9.59 Å². The summed E-state index contributed by atoms with van der Waals surface area (Å²) in [5.74, 6) is -0.127. The van der Waals surface area contributed by atoms with Gasteiger partial charge in [-0.15, -0.1) is 0 Å². The van der Waals surface area contributed by atoms with E-state index in [1.54, 1.807) is 0 Å². The summed E-state index contributed by atoms with van der Waals surface area (Å²) in [6.45, 7) is 5.84. The van der Waals surface area contributed by atoms with Gasteiger partial charge in [0.2, 0.25) is 5.91 Å². The average Bonchev–Trinajstić information content (AvgIpc) is 2.08. The first-order valence-electron chi connectivity index (χ1n) is 3.73. The number of amides is 1. The zero-order chi connectivity index (χ0) is 8.65. The number of hydrogen-bond donors (Lipinski definition) is 1. The Balaban J connectivity index is 2.76. The van der Waals surface area contributed by atoms with Crippen molar-refractivity contribution in [2.24, 2.45) is 5.41 Å². The van der Waals surface area contributed by atoms with E-state index in [9.17, 15) is 9.59 Å². The van der Waals surface area contributed by atoms with E-state index < -0.39 is 0 Å². The van der Waals surface area contributed by atoms with Gasteiger partial charge < -0.3 is 5.32 Å². The lowest BCUT2D eigenvalue weighted by molar-refractivity contribution is -0.122. The molecule has 1 aliphatic heterocycles. The monoisotopic (exact) mass is 155 g/mol. The second kappa shape index (κ2) is 2.32. The normalized spacial score (nSPS) is 25.5. The van der Waals surface area contributed by atoms with Crippen molar-refractivity contribution in [2.75, 3.05) is 0 Å². The van der Waals surface area contributed by atoms with Crippen molar-refractivity contribution in [2.45, 2.75) is 33.2 Å². The number of nitrogens with one attached hydrogen (secondary N) is 1. The Morgan fingerprint density at radius 2 is 1.91 bits per heavy atom. The fraction of sp³-hybridized carbons (Fsp3) is 0.750. The molecule has 1 amide bonds. The molecule has 3 heteroatoms. The fourth-order valence-electron chi connectivity index (χ4n) is 1.25. The van der Waals surface area contributed by atoms with Crippen LogP contribution >= 0.6 is 0 Å². The third kappa shape index (κ3) is 1.59. The highest BCUT2D eigenvalue weighted by molar-refractivity contribution is 6.07. The molecular weight excluding hydrogens is 142 g/mol. The molecule has 0 aromatic rings. The molecule has 0 unspecified atom stereocenters. The van der Waals surface area contributed by atoms with E-state index in [1.165, 1.54) is 0 Å². The Bertz CT molecular complexity index is 203. The Morgan fingerprint density at radius 1 is 1.36 bits per heavy atom. The Labute approximate surface area is 66.2 Å². The fourth-order valence-corrected chi connectivity index (χ4v) is 1.25. The number of carbonyl (C=O) groups is 2. The molecule has 1 fully saturated rings.